The highest BCUT2D eigenvalue weighted by atomic mass is 16.2. The molecule has 0 saturated heterocycles. The zero-order chi connectivity index (χ0) is 50.8. The molecule has 0 atom stereocenters. The van der Waals surface area contributed by atoms with Crippen molar-refractivity contribution < 1.29 is 38.4 Å². The van der Waals surface area contributed by atoms with Gasteiger partial charge in [-0.15, -0.1) is 0 Å². The Bertz CT molecular complexity index is 3180. The molecule has 0 aliphatic rings. The average Bonchev–Trinajstić information content (AvgIpc) is 4.16. The number of nitriles is 2. The fourth-order valence-electron chi connectivity index (χ4n) is 6.61. The summed E-state index contributed by atoms with van der Waals surface area (Å²) in [5, 5.41) is 38.2. The average molecular weight is 956 g/mol. The van der Waals surface area contributed by atoms with Crippen LogP contribution in [0.3, 0.4) is 0 Å². The van der Waals surface area contributed by atoms with Crippen molar-refractivity contribution in [3.05, 3.63) is 96.4 Å². The van der Waals surface area contributed by atoms with E-state index in [1.165, 1.54) is 80.0 Å². The van der Waals surface area contributed by atoms with Crippen LogP contribution in [0.5, 0.6) is 0 Å². The normalized spacial score (nSPS) is 10.7. The SMILES string of the molecule is Cn1cc(NC(=O)c2cc(NC(=O)c3cc(NC(=O)/C=C/C(=O)Nc4cn(C)c(C(=O)Nc5cn(C)c(C(=O)Nc6cn(C)c(C(=O)NCCC#N)n6)n5)n4)cn3C)cn2C)cc1NC(=O)CCC#N. The number of aryl methyl sites for hydroxylation is 6. The minimum atomic E-state index is -0.755. The number of aromatic nitrogens is 9. The third-order valence-corrected chi connectivity index (χ3v) is 9.88. The summed E-state index contributed by atoms with van der Waals surface area (Å²) in [5.74, 6) is -4.59. The number of imidazole rings is 3. The Labute approximate surface area is 397 Å². The molecule has 0 aromatic carbocycles. The number of nitrogens with one attached hydrogen (secondary N) is 8. The second-order valence-corrected chi connectivity index (χ2v) is 15.4. The Morgan fingerprint density at radius 2 is 0.914 bits per heavy atom. The molecule has 0 radical (unpaired) electrons. The molecule has 8 amide bonds. The van der Waals surface area contributed by atoms with Gasteiger partial charge in [-0.05, 0) is 12.1 Å². The second-order valence-electron chi connectivity index (χ2n) is 15.4. The van der Waals surface area contributed by atoms with E-state index in [9.17, 15) is 38.4 Å². The maximum Gasteiger partial charge on any atom is 0.292 e. The van der Waals surface area contributed by atoms with Gasteiger partial charge < -0.3 is 69.9 Å². The van der Waals surface area contributed by atoms with Crippen LogP contribution in [-0.4, -0.2) is 96.2 Å². The zero-order valence-corrected chi connectivity index (χ0v) is 38.4. The molecule has 70 heavy (non-hydrogen) atoms. The standard InChI is InChI=1S/C43H45N19O8/c1-57-18-24(15-27(57)39(66)48-25-16-28(58(2)19-25)40(67)49-26-17-32(59(3)20-26)56-33(63)9-7-12-44)47-34(64)10-11-35(65)50-29-21-61(5)37(51-29)42(69)55-31-23-62(6)38(53-31)43(70)54-30-22-60(4)36(52-30)41(68)46-14-8-13-45/h10-11,15-23H,7-9,14H2,1-6H3,(H,46,68)(H,47,64)(H,48,66)(H,49,67)(H,50,65)(H,54,70)(H,55,69)(H,56,63)/b11-10+. The molecule has 0 unspecified atom stereocenters. The third kappa shape index (κ3) is 12.2. The van der Waals surface area contributed by atoms with E-state index in [0.29, 0.717) is 17.2 Å². The van der Waals surface area contributed by atoms with Gasteiger partial charge in [0.15, 0.2) is 17.5 Å². The topological polar surface area (TPSA) is 349 Å². The van der Waals surface area contributed by atoms with Crippen molar-refractivity contribution >= 4 is 87.6 Å². The molecule has 0 spiro atoms. The Morgan fingerprint density at radius 3 is 1.41 bits per heavy atom. The van der Waals surface area contributed by atoms with E-state index in [1.807, 2.05) is 12.1 Å². The van der Waals surface area contributed by atoms with Gasteiger partial charge in [-0.2, -0.15) is 10.5 Å². The lowest BCUT2D eigenvalue weighted by molar-refractivity contribution is -0.116. The number of nitrogens with zero attached hydrogens (tertiary/aromatic N) is 11. The summed E-state index contributed by atoms with van der Waals surface area (Å²) in [6.07, 6.45) is 10.9. The summed E-state index contributed by atoms with van der Waals surface area (Å²) < 4.78 is 8.67. The molecule has 0 aliphatic heterocycles. The lowest BCUT2D eigenvalue weighted by Gasteiger charge is -2.04. The summed E-state index contributed by atoms with van der Waals surface area (Å²) >= 11 is 0. The van der Waals surface area contributed by atoms with Crippen molar-refractivity contribution in [2.45, 2.75) is 19.3 Å². The molecule has 0 fully saturated rings. The molecule has 0 bridgehead atoms. The number of hydrogen-bond acceptors (Lipinski definition) is 13. The lowest BCUT2D eigenvalue weighted by Crippen LogP contribution is -2.27. The monoisotopic (exact) mass is 955 g/mol. The molecule has 6 rings (SSSR count). The summed E-state index contributed by atoms with van der Waals surface area (Å²) in [4.78, 5) is 115. The van der Waals surface area contributed by atoms with E-state index in [4.69, 9.17) is 10.5 Å². The molecule has 0 aliphatic carbocycles. The Hall–Kier alpha value is -10.1. The van der Waals surface area contributed by atoms with Gasteiger partial charge in [0.2, 0.25) is 35.2 Å². The number of hydrogen-bond donors (Lipinski definition) is 8. The van der Waals surface area contributed by atoms with Crippen LogP contribution in [0.15, 0.2) is 67.5 Å². The van der Waals surface area contributed by atoms with Gasteiger partial charge in [-0.25, -0.2) is 15.0 Å². The largest absolute Gasteiger partial charge is 0.348 e. The molecular weight excluding hydrogens is 911 g/mol. The van der Waals surface area contributed by atoms with Gasteiger partial charge in [0.1, 0.15) is 17.2 Å². The van der Waals surface area contributed by atoms with Gasteiger partial charge in [0.25, 0.3) is 29.5 Å². The first kappa shape index (κ1) is 49.4. The summed E-state index contributed by atoms with van der Waals surface area (Å²) in [5.41, 5.74) is 1.30. The van der Waals surface area contributed by atoms with Crippen LogP contribution < -0.4 is 42.5 Å². The summed E-state index contributed by atoms with van der Waals surface area (Å²) in [6.45, 7) is 0.132. The highest BCUT2D eigenvalue weighted by molar-refractivity contribution is 6.10. The van der Waals surface area contributed by atoms with Crippen molar-refractivity contribution in [2.24, 2.45) is 42.3 Å². The smallest absolute Gasteiger partial charge is 0.292 e. The van der Waals surface area contributed by atoms with Gasteiger partial charge in [-0.1, -0.05) is 0 Å². The van der Waals surface area contributed by atoms with Crippen molar-refractivity contribution in [2.75, 3.05) is 43.8 Å². The predicted octanol–water partition coefficient (Wildman–Crippen LogP) is 1.93. The van der Waals surface area contributed by atoms with E-state index in [0.717, 1.165) is 12.2 Å². The highest BCUT2D eigenvalue weighted by Crippen LogP contribution is 2.22. The van der Waals surface area contributed by atoms with Gasteiger partial charge in [0.05, 0.1) is 35.6 Å². The van der Waals surface area contributed by atoms with E-state index in [2.05, 4.69) is 57.5 Å². The molecule has 6 aromatic rings. The molecule has 27 heteroatoms. The maximum absolute atomic E-state index is 13.3. The minimum absolute atomic E-state index is 0.00296. The molecule has 6 heterocycles. The van der Waals surface area contributed by atoms with E-state index >= 15 is 0 Å². The quantitative estimate of drug-likeness (QED) is 0.0452. The van der Waals surface area contributed by atoms with Crippen molar-refractivity contribution in [3.63, 3.8) is 0 Å². The number of amides is 8. The van der Waals surface area contributed by atoms with Gasteiger partial charge >= 0.3 is 0 Å². The number of anilines is 7. The van der Waals surface area contributed by atoms with Gasteiger partial charge in [0, 0.05) is 117 Å². The van der Waals surface area contributed by atoms with Crippen LogP contribution in [-0.2, 0) is 56.7 Å². The third-order valence-electron chi connectivity index (χ3n) is 9.88. The first-order chi connectivity index (χ1) is 33.3. The van der Waals surface area contributed by atoms with Crippen LogP contribution in [0.25, 0.3) is 0 Å². The van der Waals surface area contributed by atoms with Crippen molar-refractivity contribution in [1.29, 1.82) is 10.5 Å². The Kier molecular flexibility index (Phi) is 15.2. The summed E-state index contributed by atoms with van der Waals surface area (Å²) in [6, 6.07) is 8.28. The fraction of sp³-hybridized carbons (Fsp3) is 0.233. The molecule has 360 valence electrons. The van der Waals surface area contributed by atoms with Crippen molar-refractivity contribution in [3.8, 4) is 12.1 Å². The zero-order valence-electron chi connectivity index (χ0n) is 38.4. The van der Waals surface area contributed by atoms with Crippen LogP contribution in [0.2, 0.25) is 0 Å². The summed E-state index contributed by atoms with van der Waals surface area (Å²) in [7, 11) is 9.47. The van der Waals surface area contributed by atoms with E-state index in [1.54, 1.807) is 45.0 Å². The number of rotatable bonds is 18. The van der Waals surface area contributed by atoms with Crippen LogP contribution in [0.1, 0.15) is 72.1 Å². The maximum atomic E-state index is 13.3. The minimum Gasteiger partial charge on any atom is -0.348 e. The Morgan fingerprint density at radius 1 is 0.486 bits per heavy atom. The second kappa shape index (κ2) is 21.5. The van der Waals surface area contributed by atoms with E-state index < -0.39 is 41.4 Å². The molecule has 8 N–H and O–H groups in total. The predicted molar refractivity (Wildman–Crippen MR) is 250 cm³/mol. The molecule has 6 aromatic heterocycles. The number of carbonyl (C=O) groups is 8. The molecule has 27 nitrogen and oxygen atoms in total. The fourth-order valence-corrected chi connectivity index (χ4v) is 6.61. The first-order valence-electron chi connectivity index (χ1n) is 20.8. The number of carbonyl (C=O) groups excluding carboxylic acids is 8. The molecule has 0 saturated carbocycles. The van der Waals surface area contributed by atoms with Crippen LogP contribution >= 0.6 is 0 Å². The highest BCUT2D eigenvalue weighted by Gasteiger charge is 2.22. The first-order valence-corrected chi connectivity index (χ1v) is 20.8. The van der Waals surface area contributed by atoms with E-state index in [-0.39, 0.29) is 83.7 Å². The van der Waals surface area contributed by atoms with Crippen LogP contribution in [0.4, 0.5) is 40.3 Å². The van der Waals surface area contributed by atoms with Gasteiger partial charge in [-0.3, -0.25) is 38.4 Å². The van der Waals surface area contributed by atoms with Crippen molar-refractivity contribution in [1.82, 2.24) is 47.7 Å². The lowest BCUT2D eigenvalue weighted by atomic mass is 10.3. The molecular formula is C43H45N19O8. The van der Waals surface area contributed by atoms with Crippen LogP contribution in [0, 0.1) is 22.7 Å². The Balaban J connectivity index is 0.977.